The van der Waals surface area contributed by atoms with Gasteiger partial charge in [-0.15, -0.1) is 0 Å². The van der Waals surface area contributed by atoms with Crippen LogP contribution >= 0.6 is 11.6 Å². The summed E-state index contributed by atoms with van der Waals surface area (Å²) in [5.74, 6) is 0.876. The van der Waals surface area contributed by atoms with Gasteiger partial charge in [-0.1, -0.05) is 18.5 Å². The Kier molecular flexibility index (Phi) is 5.55. The van der Waals surface area contributed by atoms with Crippen molar-refractivity contribution in [3.8, 4) is 5.75 Å². The molecule has 1 fully saturated rings. The molecular weight excluding hydrogens is 272 g/mol. The van der Waals surface area contributed by atoms with Crippen LogP contribution < -0.4 is 15.0 Å². The van der Waals surface area contributed by atoms with Crippen molar-refractivity contribution < 1.29 is 4.74 Å². The number of nitrogens with one attached hydrogen (secondary N) is 1. The van der Waals surface area contributed by atoms with Crippen LogP contribution in [-0.4, -0.2) is 32.8 Å². The first-order valence-electron chi connectivity index (χ1n) is 7.48. The normalized spacial score (nSPS) is 16.5. The maximum atomic E-state index is 6.18. The van der Waals surface area contributed by atoms with E-state index in [0.29, 0.717) is 6.04 Å². The van der Waals surface area contributed by atoms with E-state index in [1.807, 2.05) is 13.0 Å². The SMILES string of the molecule is CCCNC1CCN(c2cc(C)c(Cl)cc2OC)CC1. The molecule has 0 bridgehead atoms. The zero-order valence-corrected chi connectivity index (χ0v) is 13.5. The summed E-state index contributed by atoms with van der Waals surface area (Å²) in [6, 6.07) is 4.72. The van der Waals surface area contributed by atoms with Crippen LogP contribution in [0.2, 0.25) is 5.02 Å². The Bertz CT molecular complexity index is 442. The van der Waals surface area contributed by atoms with E-state index in [-0.39, 0.29) is 0 Å². The predicted octanol–water partition coefficient (Wildman–Crippen LogP) is 3.63. The minimum absolute atomic E-state index is 0.658. The molecule has 4 heteroatoms. The van der Waals surface area contributed by atoms with E-state index in [9.17, 15) is 0 Å². The summed E-state index contributed by atoms with van der Waals surface area (Å²) in [4.78, 5) is 2.41. The number of rotatable bonds is 5. The van der Waals surface area contributed by atoms with E-state index in [0.717, 1.165) is 36.0 Å². The summed E-state index contributed by atoms with van der Waals surface area (Å²) in [6.07, 6.45) is 3.57. The van der Waals surface area contributed by atoms with Gasteiger partial charge in [0.15, 0.2) is 0 Å². The molecule has 0 unspecified atom stereocenters. The minimum Gasteiger partial charge on any atom is -0.495 e. The van der Waals surface area contributed by atoms with Gasteiger partial charge < -0.3 is 15.0 Å². The Morgan fingerprint density at radius 1 is 1.35 bits per heavy atom. The summed E-state index contributed by atoms with van der Waals surface area (Å²) < 4.78 is 5.48. The van der Waals surface area contributed by atoms with Crippen molar-refractivity contribution in [2.45, 2.75) is 39.2 Å². The van der Waals surface area contributed by atoms with Crippen LogP contribution in [-0.2, 0) is 0 Å². The molecule has 3 nitrogen and oxygen atoms in total. The number of piperidine rings is 1. The first-order chi connectivity index (χ1) is 9.65. The number of methoxy groups -OCH3 is 1. The second kappa shape index (κ2) is 7.19. The van der Waals surface area contributed by atoms with Crippen LogP contribution in [0.4, 0.5) is 5.69 Å². The highest BCUT2D eigenvalue weighted by Crippen LogP contribution is 2.35. The molecule has 1 heterocycles. The molecule has 0 amide bonds. The average molecular weight is 297 g/mol. The van der Waals surface area contributed by atoms with Gasteiger partial charge in [0, 0.05) is 30.2 Å². The third-order valence-electron chi connectivity index (χ3n) is 3.98. The van der Waals surface area contributed by atoms with Crippen molar-refractivity contribution in [3.05, 3.63) is 22.7 Å². The minimum atomic E-state index is 0.658. The molecule has 1 aliphatic heterocycles. The number of halogens is 1. The zero-order chi connectivity index (χ0) is 14.5. The Morgan fingerprint density at radius 2 is 2.05 bits per heavy atom. The van der Waals surface area contributed by atoms with Gasteiger partial charge in [-0.2, -0.15) is 0 Å². The third kappa shape index (κ3) is 3.58. The molecule has 2 rings (SSSR count). The fourth-order valence-electron chi connectivity index (χ4n) is 2.73. The topological polar surface area (TPSA) is 24.5 Å². The lowest BCUT2D eigenvalue weighted by atomic mass is 10.0. The van der Waals surface area contributed by atoms with Gasteiger partial charge in [-0.25, -0.2) is 0 Å². The molecule has 0 spiro atoms. The molecule has 1 aromatic rings. The smallest absolute Gasteiger partial charge is 0.143 e. The van der Waals surface area contributed by atoms with Crippen molar-refractivity contribution in [1.29, 1.82) is 0 Å². The van der Waals surface area contributed by atoms with Gasteiger partial charge in [0.2, 0.25) is 0 Å². The third-order valence-corrected chi connectivity index (χ3v) is 4.39. The number of hydrogen-bond acceptors (Lipinski definition) is 3. The molecular formula is C16H25ClN2O. The van der Waals surface area contributed by atoms with Gasteiger partial charge in [0.1, 0.15) is 5.75 Å². The first-order valence-corrected chi connectivity index (χ1v) is 7.86. The molecule has 112 valence electrons. The summed E-state index contributed by atoms with van der Waals surface area (Å²) in [7, 11) is 1.71. The lowest BCUT2D eigenvalue weighted by Crippen LogP contribution is -2.42. The Labute approximate surface area is 127 Å². The maximum absolute atomic E-state index is 6.18. The maximum Gasteiger partial charge on any atom is 0.143 e. The van der Waals surface area contributed by atoms with Crippen molar-refractivity contribution in [2.24, 2.45) is 0 Å². The molecule has 0 aliphatic carbocycles. The van der Waals surface area contributed by atoms with Crippen molar-refractivity contribution in [1.82, 2.24) is 5.32 Å². The average Bonchev–Trinajstić information content (AvgIpc) is 2.48. The van der Waals surface area contributed by atoms with Crippen molar-refractivity contribution in [3.63, 3.8) is 0 Å². The van der Waals surface area contributed by atoms with Crippen LogP contribution in [0.1, 0.15) is 31.7 Å². The van der Waals surface area contributed by atoms with Gasteiger partial charge in [0.05, 0.1) is 12.8 Å². The van der Waals surface area contributed by atoms with Crippen LogP contribution in [0.3, 0.4) is 0 Å². The second-order valence-corrected chi connectivity index (χ2v) is 5.90. The fourth-order valence-corrected chi connectivity index (χ4v) is 2.89. The number of hydrogen-bond donors (Lipinski definition) is 1. The van der Waals surface area contributed by atoms with Crippen LogP contribution in [0.25, 0.3) is 0 Å². The largest absolute Gasteiger partial charge is 0.495 e. The fraction of sp³-hybridized carbons (Fsp3) is 0.625. The summed E-state index contributed by atoms with van der Waals surface area (Å²) >= 11 is 6.18. The van der Waals surface area contributed by atoms with Crippen LogP contribution in [0.5, 0.6) is 5.75 Å². The molecule has 20 heavy (non-hydrogen) atoms. The summed E-state index contributed by atoms with van der Waals surface area (Å²) in [5, 5.41) is 4.38. The standard InChI is InChI=1S/C16H25ClN2O/c1-4-7-18-13-5-8-19(9-6-13)15-10-12(2)14(17)11-16(15)20-3/h10-11,13,18H,4-9H2,1-3H3. The van der Waals surface area contributed by atoms with Gasteiger partial charge >= 0.3 is 0 Å². The number of ether oxygens (including phenoxy) is 1. The molecule has 0 saturated carbocycles. The second-order valence-electron chi connectivity index (χ2n) is 5.49. The van der Waals surface area contributed by atoms with E-state index in [1.54, 1.807) is 7.11 Å². The highest BCUT2D eigenvalue weighted by molar-refractivity contribution is 6.31. The number of aryl methyl sites for hydroxylation is 1. The quantitative estimate of drug-likeness (QED) is 0.898. The van der Waals surface area contributed by atoms with Gasteiger partial charge in [-0.05, 0) is 44.4 Å². The highest BCUT2D eigenvalue weighted by atomic mass is 35.5. The predicted molar refractivity (Wildman–Crippen MR) is 86.3 cm³/mol. The number of anilines is 1. The molecule has 1 N–H and O–H groups in total. The summed E-state index contributed by atoms with van der Waals surface area (Å²) in [5.41, 5.74) is 2.28. The monoisotopic (exact) mass is 296 g/mol. The molecule has 0 radical (unpaired) electrons. The number of benzene rings is 1. The Morgan fingerprint density at radius 3 is 2.65 bits per heavy atom. The van der Waals surface area contributed by atoms with Gasteiger partial charge in [-0.3, -0.25) is 0 Å². The first kappa shape index (κ1) is 15.5. The van der Waals surface area contributed by atoms with E-state index < -0.39 is 0 Å². The lowest BCUT2D eigenvalue weighted by molar-refractivity contribution is 0.398. The highest BCUT2D eigenvalue weighted by Gasteiger charge is 2.21. The van der Waals surface area contributed by atoms with Crippen LogP contribution in [0, 0.1) is 6.92 Å². The lowest BCUT2D eigenvalue weighted by Gasteiger charge is -2.35. The molecule has 1 saturated heterocycles. The Hall–Kier alpha value is -0.930. The molecule has 1 aromatic carbocycles. The summed E-state index contributed by atoms with van der Waals surface area (Å²) in [6.45, 7) is 7.51. The molecule has 0 aromatic heterocycles. The Balaban J connectivity index is 2.05. The van der Waals surface area contributed by atoms with E-state index in [4.69, 9.17) is 16.3 Å². The van der Waals surface area contributed by atoms with Gasteiger partial charge in [0.25, 0.3) is 0 Å². The molecule has 1 aliphatic rings. The zero-order valence-electron chi connectivity index (χ0n) is 12.7. The van der Waals surface area contributed by atoms with Crippen molar-refractivity contribution in [2.75, 3.05) is 31.6 Å². The van der Waals surface area contributed by atoms with E-state index in [1.165, 1.54) is 24.9 Å². The molecule has 0 atom stereocenters. The van der Waals surface area contributed by atoms with Crippen LogP contribution in [0.15, 0.2) is 12.1 Å². The van der Waals surface area contributed by atoms with Crippen molar-refractivity contribution >= 4 is 17.3 Å². The van der Waals surface area contributed by atoms with E-state index >= 15 is 0 Å². The number of nitrogens with zero attached hydrogens (tertiary/aromatic N) is 1. The van der Waals surface area contributed by atoms with E-state index in [2.05, 4.69) is 23.2 Å².